The average molecular weight is 380 g/mol. The first kappa shape index (κ1) is 17.5. The molecule has 0 aliphatic rings. The molecule has 0 radical (unpaired) electrons. The summed E-state index contributed by atoms with van der Waals surface area (Å²) < 4.78 is 18.7. The first-order chi connectivity index (χ1) is 11.9. The van der Waals surface area contributed by atoms with Gasteiger partial charge in [0.05, 0.1) is 5.02 Å². The lowest BCUT2D eigenvalue weighted by atomic mass is 10.0. The molecule has 3 aromatic rings. The minimum atomic E-state index is -1.07. The molecule has 0 bridgehead atoms. The van der Waals surface area contributed by atoms with Gasteiger partial charge in [0, 0.05) is 22.7 Å². The first-order valence-corrected chi connectivity index (χ1v) is 8.05. The molecule has 2 aromatic carbocycles. The number of benzene rings is 2. The lowest BCUT2D eigenvalue weighted by Gasteiger charge is -2.13. The van der Waals surface area contributed by atoms with Crippen LogP contribution in [0.2, 0.25) is 10.2 Å². The summed E-state index contributed by atoms with van der Waals surface area (Å²) in [6.45, 7) is 1.43. The van der Waals surface area contributed by atoms with Crippen LogP contribution < -0.4 is 4.74 Å². The Kier molecular flexibility index (Phi) is 4.79. The maximum atomic E-state index is 13.3. The van der Waals surface area contributed by atoms with Crippen LogP contribution in [0.5, 0.6) is 5.75 Å². The second-order valence-electron chi connectivity index (χ2n) is 5.39. The van der Waals surface area contributed by atoms with E-state index in [1.807, 2.05) is 0 Å². The van der Waals surface area contributed by atoms with E-state index in [2.05, 4.69) is 4.98 Å². The third-order valence-electron chi connectivity index (χ3n) is 3.69. The minimum absolute atomic E-state index is 0.241. The van der Waals surface area contributed by atoms with Crippen LogP contribution in [0.3, 0.4) is 0 Å². The molecule has 25 heavy (non-hydrogen) atoms. The Labute approximate surface area is 152 Å². The predicted octanol–water partition coefficient (Wildman–Crippen LogP) is 5.20. The molecular formula is C18H12Cl2FNO3. The number of nitrogens with zero attached hydrogens (tertiary/aromatic N) is 1. The van der Waals surface area contributed by atoms with E-state index < -0.39 is 17.9 Å². The third-order valence-corrected chi connectivity index (χ3v) is 4.31. The standard InChI is InChI=1S/C18H12Cl2FNO3/c1-9(18(23)24)25-11-3-5-12-14(7-11)17(20)22-8-15(12)13-4-2-10(21)6-16(13)19/h2-9H,1H3,(H,23,24). The van der Waals surface area contributed by atoms with E-state index in [1.54, 1.807) is 30.5 Å². The zero-order valence-corrected chi connectivity index (χ0v) is 14.5. The maximum Gasteiger partial charge on any atom is 0.344 e. The Hall–Kier alpha value is -2.37. The summed E-state index contributed by atoms with van der Waals surface area (Å²) in [6.07, 6.45) is 0.559. The molecule has 1 N–H and O–H groups in total. The van der Waals surface area contributed by atoms with Gasteiger partial charge < -0.3 is 9.84 Å². The SMILES string of the molecule is CC(Oc1ccc2c(-c3ccc(F)cc3Cl)cnc(Cl)c2c1)C(=O)O. The van der Waals surface area contributed by atoms with Gasteiger partial charge >= 0.3 is 5.97 Å². The van der Waals surface area contributed by atoms with E-state index in [4.69, 9.17) is 33.0 Å². The van der Waals surface area contributed by atoms with Gasteiger partial charge in [0.1, 0.15) is 16.7 Å². The van der Waals surface area contributed by atoms with Crippen LogP contribution in [-0.2, 0) is 4.79 Å². The fraction of sp³-hybridized carbons (Fsp3) is 0.111. The molecule has 0 spiro atoms. The van der Waals surface area contributed by atoms with Gasteiger partial charge in [-0.25, -0.2) is 14.2 Å². The monoisotopic (exact) mass is 379 g/mol. The Bertz CT molecular complexity index is 978. The lowest BCUT2D eigenvalue weighted by Crippen LogP contribution is -2.22. The van der Waals surface area contributed by atoms with Crippen molar-refractivity contribution < 1.29 is 19.0 Å². The van der Waals surface area contributed by atoms with Crippen molar-refractivity contribution in [2.75, 3.05) is 0 Å². The van der Waals surface area contributed by atoms with Crippen LogP contribution in [0, 0.1) is 5.82 Å². The summed E-state index contributed by atoms with van der Waals surface area (Å²) in [5.41, 5.74) is 1.30. The second kappa shape index (κ2) is 6.86. The molecule has 0 saturated heterocycles. The Balaban J connectivity index is 2.13. The highest BCUT2D eigenvalue weighted by Crippen LogP contribution is 2.37. The predicted molar refractivity (Wildman–Crippen MR) is 94.9 cm³/mol. The fourth-order valence-corrected chi connectivity index (χ4v) is 2.91. The number of carboxylic acid groups (broad SMARTS) is 1. The molecule has 0 fully saturated rings. The van der Waals surface area contributed by atoms with Crippen molar-refractivity contribution in [1.29, 1.82) is 0 Å². The highest BCUT2D eigenvalue weighted by Gasteiger charge is 2.15. The molecular weight excluding hydrogens is 368 g/mol. The number of rotatable bonds is 4. The summed E-state index contributed by atoms with van der Waals surface area (Å²) in [5, 5.41) is 10.8. The number of fused-ring (bicyclic) bond motifs is 1. The molecule has 128 valence electrons. The molecule has 7 heteroatoms. The van der Waals surface area contributed by atoms with Crippen LogP contribution in [0.25, 0.3) is 21.9 Å². The Morgan fingerprint density at radius 3 is 2.60 bits per heavy atom. The Morgan fingerprint density at radius 1 is 1.16 bits per heavy atom. The molecule has 1 atom stereocenters. The van der Waals surface area contributed by atoms with E-state index in [1.165, 1.54) is 19.1 Å². The quantitative estimate of drug-likeness (QED) is 0.632. The number of hydrogen-bond donors (Lipinski definition) is 1. The molecule has 4 nitrogen and oxygen atoms in total. The summed E-state index contributed by atoms with van der Waals surface area (Å²) in [6, 6.07) is 9.10. The van der Waals surface area contributed by atoms with Crippen molar-refractivity contribution in [3.8, 4) is 16.9 Å². The number of pyridine rings is 1. The zero-order chi connectivity index (χ0) is 18.1. The maximum absolute atomic E-state index is 13.3. The van der Waals surface area contributed by atoms with Crippen LogP contribution in [0.4, 0.5) is 4.39 Å². The second-order valence-corrected chi connectivity index (χ2v) is 6.16. The normalized spacial score (nSPS) is 12.2. The molecule has 1 unspecified atom stereocenters. The summed E-state index contributed by atoms with van der Waals surface area (Å²) >= 11 is 12.3. The van der Waals surface area contributed by atoms with Gasteiger partial charge in [0.25, 0.3) is 0 Å². The number of carboxylic acids is 1. The van der Waals surface area contributed by atoms with Crippen molar-refractivity contribution in [2.24, 2.45) is 0 Å². The van der Waals surface area contributed by atoms with Crippen molar-refractivity contribution in [1.82, 2.24) is 4.98 Å². The summed E-state index contributed by atoms with van der Waals surface area (Å²) in [7, 11) is 0. The number of ether oxygens (including phenoxy) is 1. The van der Waals surface area contributed by atoms with E-state index in [0.717, 1.165) is 5.39 Å². The van der Waals surface area contributed by atoms with E-state index in [0.29, 0.717) is 22.3 Å². The van der Waals surface area contributed by atoms with Crippen LogP contribution in [-0.4, -0.2) is 22.2 Å². The first-order valence-electron chi connectivity index (χ1n) is 7.30. The molecule has 0 saturated carbocycles. The van der Waals surface area contributed by atoms with Gasteiger partial charge in [0.2, 0.25) is 0 Å². The van der Waals surface area contributed by atoms with E-state index >= 15 is 0 Å². The molecule has 0 amide bonds. The number of aliphatic carboxylic acids is 1. The number of carbonyl (C=O) groups is 1. The topological polar surface area (TPSA) is 59.4 Å². The Morgan fingerprint density at radius 2 is 1.92 bits per heavy atom. The van der Waals surface area contributed by atoms with Gasteiger partial charge in [-0.2, -0.15) is 0 Å². The van der Waals surface area contributed by atoms with Gasteiger partial charge in [-0.05, 0) is 48.7 Å². The van der Waals surface area contributed by atoms with Crippen LogP contribution in [0.15, 0.2) is 42.6 Å². The van der Waals surface area contributed by atoms with Crippen LogP contribution in [0.1, 0.15) is 6.92 Å². The molecule has 0 aliphatic heterocycles. The van der Waals surface area contributed by atoms with Crippen LogP contribution >= 0.6 is 23.2 Å². The van der Waals surface area contributed by atoms with E-state index in [9.17, 15) is 9.18 Å². The molecule has 0 aliphatic carbocycles. The summed E-state index contributed by atoms with van der Waals surface area (Å²) in [5.74, 6) is -1.15. The molecule has 1 aromatic heterocycles. The smallest absolute Gasteiger partial charge is 0.344 e. The van der Waals surface area contributed by atoms with Gasteiger partial charge in [-0.1, -0.05) is 23.2 Å². The number of hydrogen-bond acceptors (Lipinski definition) is 3. The zero-order valence-electron chi connectivity index (χ0n) is 13.0. The lowest BCUT2D eigenvalue weighted by molar-refractivity contribution is -0.144. The van der Waals surface area contributed by atoms with Crippen molar-refractivity contribution >= 4 is 39.9 Å². The highest BCUT2D eigenvalue weighted by molar-refractivity contribution is 6.36. The van der Waals surface area contributed by atoms with Gasteiger partial charge in [0.15, 0.2) is 6.10 Å². The minimum Gasteiger partial charge on any atom is -0.479 e. The highest BCUT2D eigenvalue weighted by atomic mass is 35.5. The third kappa shape index (κ3) is 3.52. The summed E-state index contributed by atoms with van der Waals surface area (Å²) in [4.78, 5) is 15.1. The van der Waals surface area contributed by atoms with Crippen molar-refractivity contribution in [3.63, 3.8) is 0 Å². The van der Waals surface area contributed by atoms with Gasteiger partial charge in [-0.3, -0.25) is 0 Å². The fourth-order valence-electron chi connectivity index (χ4n) is 2.44. The molecule has 3 rings (SSSR count). The van der Waals surface area contributed by atoms with E-state index in [-0.39, 0.29) is 10.2 Å². The number of aromatic nitrogens is 1. The van der Waals surface area contributed by atoms with Crippen molar-refractivity contribution in [3.05, 3.63) is 58.6 Å². The largest absolute Gasteiger partial charge is 0.479 e. The van der Waals surface area contributed by atoms with Crippen molar-refractivity contribution in [2.45, 2.75) is 13.0 Å². The molecule has 1 heterocycles. The van der Waals surface area contributed by atoms with Gasteiger partial charge in [-0.15, -0.1) is 0 Å². The average Bonchev–Trinajstić information content (AvgIpc) is 2.56. The number of halogens is 3.